The molecule has 0 aromatic heterocycles. The molecule has 0 spiro atoms. The van der Waals surface area contributed by atoms with E-state index in [0.717, 1.165) is 29.8 Å². The summed E-state index contributed by atoms with van der Waals surface area (Å²) in [5, 5.41) is 14.7. The van der Waals surface area contributed by atoms with E-state index < -0.39 is 6.10 Å². The third kappa shape index (κ3) is 4.26. The third-order valence-electron chi connectivity index (χ3n) is 4.41. The second-order valence-corrected chi connectivity index (χ2v) is 6.52. The van der Waals surface area contributed by atoms with Crippen LogP contribution in [0, 0.1) is 5.82 Å². The van der Waals surface area contributed by atoms with Gasteiger partial charge >= 0.3 is 0 Å². The number of rotatable bonds is 5. The summed E-state index contributed by atoms with van der Waals surface area (Å²) in [6.45, 7) is 0.602. The monoisotopic (exact) mass is 349 g/mol. The molecule has 0 heterocycles. The molecular weight excluding hydrogens is 329 g/mol. The van der Waals surface area contributed by atoms with Gasteiger partial charge in [-0.05, 0) is 55.2 Å². The summed E-state index contributed by atoms with van der Waals surface area (Å²) < 4.78 is 18.8. The summed E-state index contributed by atoms with van der Waals surface area (Å²) in [5.41, 5.74) is 1.01. The van der Waals surface area contributed by atoms with Crippen molar-refractivity contribution in [1.82, 2.24) is 5.32 Å². The molecule has 1 aliphatic carbocycles. The fourth-order valence-corrected chi connectivity index (χ4v) is 3.26. The van der Waals surface area contributed by atoms with Crippen molar-refractivity contribution in [2.24, 2.45) is 0 Å². The van der Waals surface area contributed by atoms with E-state index in [1.807, 2.05) is 24.3 Å². The van der Waals surface area contributed by atoms with Crippen LogP contribution < -0.4 is 10.1 Å². The third-order valence-corrected chi connectivity index (χ3v) is 4.78. The van der Waals surface area contributed by atoms with Gasteiger partial charge in [0.05, 0.1) is 0 Å². The minimum absolute atomic E-state index is 0.0551. The Balaban J connectivity index is 1.59. The molecule has 0 aliphatic heterocycles. The first-order valence-electron chi connectivity index (χ1n) is 8.20. The molecule has 1 saturated carbocycles. The second-order valence-electron chi connectivity index (χ2n) is 6.11. The van der Waals surface area contributed by atoms with Gasteiger partial charge in [0, 0.05) is 17.6 Å². The summed E-state index contributed by atoms with van der Waals surface area (Å²) in [5.74, 6) is 0.276. The van der Waals surface area contributed by atoms with E-state index >= 15 is 0 Å². The van der Waals surface area contributed by atoms with Crippen LogP contribution in [-0.2, 0) is 6.54 Å². The normalized spacial score (nSPS) is 23.9. The lowest BCUT2D eigenvalue weighted by Gasteiger charge is -2.35. The highest BCUT2D eigenvalue weighted by molar-refractivity contribution is 6.31. The Labute approximate surface area is 146 Å². The standard InChI is InChI=1S/C19H21ClFNO2/c20-16-5-2-1-4-13(16)12-22-17-6-3-7-18(19(17)23)24-15-10-8-14(21)9-11-15/h1-2,4-5,8-11,17-19,22-23H,3,6-7,12H2/t17-,18+,19+/m0/s1. The van der Waals surface area contributed by atoms with Crippen LogP contribution in [0.3, 0.4) is 0 Å². The molecule has 1 aliphatic rings. The van der Waals surface area contributed by atoms with Crippen molar-refractivity contribution in [3.63, 3.8) is 0 Å². The highest BCUT2D eigenvalue weighted by atomic mass is 35.5. The highest BCUT2D eigenvalue weighted by Gasteiger charge is 2.33. The molecule has 0 unspecified atom stereocenters. The van der Waals surface area contributed by atoms with E-state index in [-0.39, 0.29) is 18.0 Å². The molecule has 128 valence electrons. The van der Waals surface area contributed by atoms with Crippen molar-refractivity contribution < 1.29 is 14.2 Å². The molecule has 3 atom stereocenters. The number of hydrogen-bond acceptors (Lipinski definition) is 3. The number of nitrogens with one attached hydrogen (secondary N) is 1. The fourth-order valence-electron chi connectivity index (χ4n) is 3.06. The van der Waals surface area contributed by atoms with E-state index in [1.54, 1.807) is 12.1 Å². The van der Waals surface area contributed by atoms with Gasteiger partial charge in [-0.3, -0.25) is 0 Å². The SMILES string of the molecule is O[C@@H]1[C@@H](NCc2ccccc2Cl)CCC[C@H]1Oc1ccc(F)cc1. The van der Waals surface area contributed by atoms with Crippen LogP contribution in [0.25, 0.3) is 0 Å². The number of benzene rings is 2. The molecule has 0 radical (unpaired) electrons. The van der Waals surface area contributed by atoms with Crippen LogP contribution in [0.1, 0.15) is 24.8 Å². The Hall–Kier alpha value is -1.62. The van der Waals surface area contributed by atoms with Crippen LogP contribution in [0.15, 0.2) is 48.5 Å². The molecule has 0 bridgehead atoms. The Morgan fingerprint density at radius 3 is 2.62 bits per heavy atom. The number of aliphatic hydroxyl groups excluding tert-OH is 1. The summed E-state index contributed by atoms with van der Waals surface area (Å²) in [4.78, 5) is 0. The Kier molecular flexibility index (Phi) is 5.72. The summed E-state index contributed by atoms with van der Waals surface area (Å²) in [6.07, 6.45) is 1.71. The molecular formula is C19H21ClFNO2. The second kappa shape index (κ2) is 7.97. The van der Waals surface area contributed by atoms with E-state index in [9.17, 15) is 9.50 Å². The molecule has 0 saturated heterocycles. The van der Waals surface area contributed by atoms with Crippen LogP contribution in [0.5, 0.6) is 5.75 Å². The average molecular weight is 350 g/mol. The van der Waals surface area contributed by atoms with Crippen LogP contribution in [-0.4, -0.2) is 23.4 Å². The van der Waals surface area contributed by atoms with Crippen molar-refractivity contribution in [3.8, 4) is 5.75 Å². The van der Waals surface area contributed by atoms with Gasteiger partial charge in [0.15, 0.2) is 0 Å². The van der Waals surface area contributed by atoms with Gasteiger partial charge in [0.25, 0.3) is 0 Å². The van der Waals surface area contributed by atoms with Crippen molar-refractivity contribution >= 4 is 11.6 Å². The predicted octanol–water partition coefficient (Wildman–Crippen LogP) is 3.93. The maximum Gasteiger partial charge on any atom is 0.126 e. The van der Waals surface area contributed by atoms with Crippen LogP contribution in [0.2, 0.25) is 5.02 Å². The van der Waals surface area contributed by atoms with Gasteiger partial charge < -0.3 is 15.2 Å². The van der Waals surface area contributed by atoms with Crippen LogP contribution in [0.4, 0.5) is 4.39 Å². The lowest BCUT2D eigenvalue weighted by Crippen LogP contribution is -2.50. The molecule has 1 fully saturated rings. The first-order chi connectivity index (χ1) is 11.6. The highest BCUT2D eigenvalue weighted by Crippen LogP contribution is 2.25. The minimum atomic E-state index is -0.619. The average Bonchev–Trinajstić information content (AvgIpc) is 2.59. The molecule has 2 N–H and O–H groups in total. The Morgan fingerprint density at radius 1 is 1.12 bits per heavy atom. The number of hydrogen-bond donors (Lipinski definition) is 2. The maximum atomic E-state index is 13.0. The topological polar surface area (TPSA) is 41.5 Å². The van der Waals surface area contributed by atoms with Crippen molar-refractivity contribution in [3.05, 3.63) is 64.9 Å². The Bertz CT molecular complexity index is 665. The number of ether oxygens (including phenoxy) is 1. The minimum Gasteiger partial charge on any atom is -0.488 e. The summed E-state index contributed by atoms with van der Waals surface area (Å²) in [7, 11) is 0. The van der Waals surface area contributed by atoms with Gasteiger partial charge in [-0.15, -0.1) is 0 Å². The zero-order chi connectivity index (χ0) is 16.9. The van der Waals surface area contributed by atoms with Gasteiger partial charge in [-0.2, -0.15) is 0 Å². The largest absolute Gasteiger partial charge is 0.488 e. The predicted molar refractivity (Wildman–Crippen MR) is 92.8 cm³/mol. The van der Waals surface area contributed by atoms with Crippen molar-refractivity contribution in [1.29, 1.82) is 0 Å². The smallest absolute Gasteiger partial charge is 0.126 e. The lowest BCUT2D eigenvalue weighted by atomic mass is 9.89. The zero-order valence-electron chi connectivity index (χ0n) is 13.3. The number of halogens is 2. The van der Waals surface area contributed by atoms with E-state index in [4.69, 9.17) is 16.3 Å². The van der Waals surface area contributed by atoms with Gasteiger partial charge in [-0.25, -0.2) is 4.39 Å². The molecule has 0 amide bonds. The van der Waals surface area contributed by atoms with Gasteiger partial charge in [0.1, 0.15) is 23.8 Å². The summed E-state index contributed by atoms with van der Waals surface area (Å²) in [6, 6.07) is 13.5. The molecule has 24 heavy (non-hydrogen) atoms. The van der Waals surface area contributed by atoms with Gasteiger partial charge in [0.2, 0.25) is 0 Å². The molecule has 3 rings (SSSR count). The lowest BCUT2D eigenvalue weighted by molar-refractivity contribution is -0.0157. The molecule has 2 aromatic carbocycles. The first-order valence-corrected chi connectivity index (χ1v) is 8.58. The van der Waals surface area contributed by atoms with Gasteiger partial charge in [-0.1, -0.05) is 29.8 Å². The van der Waals surface area contributed by atoms with Crippen LogP contribution >= 0.6 is 11.6 Å². The van der Waals surface area contributed by atoms with E-state index in [0.29, 0.717) is 12.3 Å². The first kappa shape index (κ1) is 17.2. The molecule has 2 aromatic rings. The summed E-state index contributed by atoms with van der Waals surface area (Å²) >= 11 is 6.17. The Morgan fingerprint density at radius 2 is 1.88 bits per heavy atom. The number of aliphatic hydroxyl groups is 1. The zero-order valence-corrected chi connectivity index (χ0v) is 14.0. The van der Waals surface area contributed by atoms with E-state index in [1.165, 1.54) is 12.1 Å². The fraction of sp³-hybridized carbons (Fsp3) is 0.368. The van der Waals surface area contributed by atoms with Crippen molar-refractivity contribution in [2.75, 3.05) is 0 Å². The molecule has 3 nitrogen and oxygen atoms in total. The molecule has 5 heteroatoms. The van der Waals surface area contributed by atoms with E-state index in [2.05, 4.69) is 5.32 Å². The quantitative estimate of drug-likeness (QED) is 0.859. The maximum absolute atomic E-state index is 13.0. The van der Waals surface area contributed by atoms with Crippen molar-refractivity contribution in [2.45, 2.75) is 44.1 Å².